The van der Waals surface area contributed by atoms with Crippen molar-refractivity contribution < 1.29 is 19.2 Å². The summed E-state index contributed by atoms with van der Waals surface area (Å²) >= 11 is 1.38. The predicted molar refractivity (Wildman–Crippen MR) is 111 cm³/mol. The minimum atomic E-state index is -0.490. The molecule has 1 aliphatic rings. The fraction of sp³-hybridized carbons (Fsp3) is 0.300. The van der Waals surface area contributed by atoms with Crippen molar-refractivity contribution in [3.05, 3.63) is 62.0 Å². The van der Waals surface area contributed by atoms with Crippen molar-refractivity contribution >= 4 is 40.0 Å². The van der Waals surface area contributed by atoms with Gasteiger partial charge in [-0.25, -0.2) is 4.79 Å². The summed E-state index contributed by atoms with van der Waals surface area (Å²) < 4.78 is 5.19. The number of anilines is 1. The van der Waals surface area contributed by atoms with E-state index in [9.17, 15) is 19.7 Å². The van der Waals surface area contributed by atoms with Crippen molar-refractivity contribution in [3.8, 4) is 0 Å². The molecule has 0 aliphatic carbocycles. The van der Waals surface area contributed by atoms with Crippen LogP contribution < -0.4 is 5.32 Å². The normalized spacial score (nSPS) is 13.9. The van der Waals surface area contributed by atoms with Gasteiger partial charge in [-0.05, 0) is 37.6 Å². The molecule has 0 saturated heterocycles. The zero-order chi connectivity index (χ0) is 21.0. The molecule has 0 fully saturated rings. The van der Waals surface area contributed by atoms with Crippen molar-refractivity contribution in [3.63, 3.8) is 0 Å². The van der Waals surface area contributed by atoms with Gasteiger partial charge in [0.1, 0.15) is 5.00 Å². The summed E-state index contributed by atoms with van der Waals surface area (Å²) in [6.07, 6.45) is 3.50. The van der Waals surface area contributed by atoms with Gasteiger partial charge < -0.3 is 15.0 Å². The Bertz CT molecular complexity index is 982. The van der Waals surface area contributed by atoms with E-state index in [-0.39, 0.29) is 12.3 Å². The number of amides is 1. The number of thiophene rings is 1. The van der Waals surface area contributed by atoms with Gasteiger partial charge in [0.15, 0.2) is 0 Å². The average molecular weight is 415 g/mol. The van der Waals surface area contributed by atoms with Crippen LogP contribution in [0.25, 0.3) is 6.08 Å². The largest absolute Gasteiger partial charge is 0.462 e. The maximum Gasteiger partial charge on any atom is 0.341 e. The highest BCUT2D eigenvalue weighted by molar-refractivity contribution is 7.17. The van der Waals surface area contributed by atoms with Crippen LogP contribution >= 0.6 is 11.3 Å². The lowest BCUT2D eigenvalue weighted by molar-refractivity contribution is -0.384. The molecule has 3 rings (SSSR count). The van der Waals surface area contributed by atoms with E-state index in [0.29, 0.717) is 22.7 Å². The molecule has 0 atom stereocenters. The van der Waals surface area contributed by atoms with Crippen LogP contribution in [0.3, 0.4) is 0 Å². The zero-order valence-electron chi connectivity index (χ0n) is 16.1. The molecule has 0 spiro atoms. The third kappa shape index (κ3) is 4.87. The van der Waals surface area contributed by atoms with E-state index in [0.717, 1.165) is 23.4 Å². The number of nitro groups is 1. The standard InChI is InChI=1S/C20H21N3O5S/c1-3-28-20(25)18-15-9-10-22(2)12-16(15)29-19(18)21-17(24)8-7-13-5-4-6-14(11-13)23(26)27/h4-8,11H,3,9-10,12H2,1-2H3,(H,21,24)/b8-7-. The Morgan fingerprint density at radius 1 is 1.41 bits per heavy atom. The van der Waals surface area contributed by atoms with Gasteiger partial charge in [-0.2, -0.15) is 0 Å². The summed E-state index contributed by atoms with van der Waals surface area (Å²) in [6.45, 7) is 3.54. The highest BCUT2D eigenvalue weighted by atomic mass is 32.1. The lowest BCUT2D eigenvalue weighted by Gasteiger charge is -2.22. The summed E-state index contributed by atoms with van der Waals surface area (Å²) in [7, 11) is 2.01. The van der Waals surface area contributed by atoms with E-state index in [4.69, 9.17) is 4.74 Å². The van der Waals surface area contributed by atoms with E-state index < -0.39 is 16.8 Å². The Kier molecular flexibility index (Phi) is 6.40. The number of nitro benzene ring substituents is 1. The van der Waals surface area contributed by atoms with Crippen molar-refractivity contribution in [1.82, 2.24) is 4.90 Å². The molecular weight excluding hydrogens is 394 g/mol. The molecule has 8 nitrogen and oxygen atoms in total. The number of hydrogen-bond acceptors (Lipinski definition) is 7. The topological polar surface area (TPSA) is 102 Å². The fourth-order valence-corrected chi connectivity index (χ4v) is 4.42. The second kappa shape index (κ2) is 8.97. The minimum Gasteiger partial charge on any atom is -0.462 e. The SMILES string of the molecule is CCOC(=O)c1c(NC(=O)/C=C\c2cccc([N+](=O)[O-])c2)sc2c1CCN(C)C2. The molecule has 0 radical (unpaired) electrons. The summed E-state index contributed by atoms with van der Waals surface area (Å²) in [4.78, 5) is 38.5. The third-order valence-electron chi connectivity index (χ3n) is 4.47. The van der Waals surface area contributed by atoms with E-state index in [1.807, 2.05) is 7.05 Å². The number of likely N-dealkylation sites (N-methyl/N-ethyl adjacent to an activating group) is 1. The van der Waals surface area contributed by atoms with E-state index in [1.54, 1.807) is 19.1 Å². The lowest BCUT2D eigenvalue weighted by Crippen LogP contribution is -2.26. The quantitative estimate of drug-likeness (QED) is 0.335. The minimum absolute atomic E-state index is 0.0489. The fourth-order valence-electron chi connectivity index (χ4n) is 3.11. The van der Waals surface area contributed by atoms with Crippen LogP contribution in [0, 0.1) is 10.1 Å². The Hall–Kier alpha value is -3.04. The maximum atomic E-state index is 12.5. The van der Waals surface area contributed by atoms with E-state index in [1.165, 1.54) is 35.6 Å². The molecule has 1 aromatic heterocycles. The van der Waals surface area contributed by atoms with Crippen molar-refractivity contribution in [2.24, 2.45) is 0 Å². The Labute approximate surface area is 171 Å². The van der Waals surface area contributed by atoms with Crippen molar-refractivity contribution in [1.29, 1.82) is 0 Å². The number of rotatable bonds is 6. The Balaban J connectivity index is 1.82. The number of benzene rings is 1. The zero-order valence-corrected chi connectivity index (χ0v) is 17.0. The molecule has 1 aliphatic heterocycles. The van der Waals surface area contributed by atoms with Crippen LogP contribution in [-0.4, -0.2) is 41.9 Å². The third-order valence-corrected chi connectivity index (χ3v) is 5.60. The molecule has 9 heteroatoms. The second-order valence-electron chi connectivity index (χ2n) is 6.59. The van der Waals surface area contributed by atoms with Gasteiger partial charge in [0.25, 0.3) is 5.69 Å². The second-order valence-corrected chi connectivity index (χ2v) is 7.70. The van der Waals surface area contributed by atoms with Gasteiger partial charge >= 0.3 is 5.97 Å². The van der Waals surface area contributed by atoms with Crippen LogP contribution in [0.5, 0.6) is 0 Å². The van der Waals surface area contributed by atoms with Crippen LogP contribution in [0.4, 0.5) is 10.7 Å². The monoisotopic (exact) mass is 415 g/mol. The highest BCUT2D eigenvalue weighted by Gasteiger charge is 2.28. The number of fused-ring (bicyclic) bond motifs is 1. The number of hydrogen-bond donors (Lipinski definition) is 1. The number of esters is 1. The van der Waals surface area contributed by atoms with Crippen molar-refractivity contribution in [2.45, 2.75) is 19.9 Å². The Morgan fingerprint density at radius 2 is 2.21 bits per heavy atom. The van der Waals surface area contributed by atoms with Crippen LogP contribution in [0.15, 0.2) is 30.3 Å². The molecule has 152 valence electrons. The van der Waals surface area contributed by atoms with Crippen molar-refractivity contribution in [2.75, 3.05) is 25.5 Å². The maximum absolute atomic E-state index is 12.5. The molecule has 1 aromatic carbocycles. The number of non-ortho nitro benzene ring substituents is 1. The van der Waals surface area contributed by atoms with Gasteiger partial charge in [0.2, 0.25) is 5.91 Å². The van der Waals surface area contributed by atoms with E-state index in [2.05, 4.69) is 10.2 Å². The first-order valence-corrected chi connectivity index (χ1v) is 9.94. The summed E-state index contributed by atoms with van der Waals surface area (Å²) in [6, 6.07) is 5.99. The average Bonchev–Trinajstić information content (AvgIpc) is 3.03. The van der Waals surface area contributed by atoms with E-state index >= 15 is 0 Å². The molecule has 0 unspecified atom stereocenters. The smallest absolute Gasteiger partial charge is 0.341 e. The molecule has 0 saturated carbocycles. The Morgan fingerprint density at radius 3 is 2.93 bits per heavy atom. The van der Waals surface area contributed by atoms with Gasteiger partial charge in [0, 0.05) is 36.2 Å². The van der Waals surface area contributed by atoms with Crippen LogP contribution in [0.1, 0.15) is 33.3 Å². The van der Waals surface area contributed by atoms with Crippen LogP contribution in [0.2, 0.25) is 0 Å². The molecule has 2 heterocycles. The molecule has 29 heavy (non-hydrogen) atoms. The van der Waals surface area contributed by atoms with Gasteiger partial charge in [-0.1, -0.05) is 12.1 Å². The summed E-state index contributed by atoms with van der Waals surface area (Å²) in [5.74, 6) is -0.860. The van der Waals surface area contributed by atoms with Gasteiger partial charge in [-0.15, -0.1) is 11.3 Å². The number of ether oxygens (including phenoxy) is 1. The summed E-state index contributed by atoms with van der Waals surface area (Å²) in [5, 5.41) is 14.1. The molecule has 1 amide bonds. The van der Waals surface area contributed by atoms with Gasteiger partial charge in [0.05, 0.1) is 17.1 Å². The molecule has 1 N–H and O–H groups in total. The number of carbonyl (C=O) groups is 2. The number of nitrogens with one attached hydrogen (secondary N) is 1. The first-order valence-electron chi connectivity index (χ1n) is 9.12. The first kappa shape index (κ1) is 20.7. The van der Waals surface area contributed by atoms with Gasteiger partial charge in [-0.3, -0.25) is 14.9 Å². The lowest BCUT2D eigenvalue weighted by atomic mass is 10.0. The van der Waals surface area contributed by atoms with Crippen LogP contribution in [-0.2, 0) is 22.5 Å². The first-order chi connectivity index (χ1) is 13.9. The molecule has 0 bridgehead atoms. The predicted octanol–water partition coefficient (Wildman–Crippen LogP) is 3.47. The number of carbonyl (C=O) groups excluding carboxylic acids is 2. The number of nitrogens with zero attached hydrogens (tertiary/aromatic N) is 2. The highest BCUT2D eigenvalue weighted by Crippen LogP contribution is 2.37. The molecular formula is C20H21N3O5S. The molecule has 2 aromatic rings. The summed E-state index contributed by atoms with van der Waals surface area (Å²) in [5.41, 5.74) is 1.85.